The van der Waals surface area contributed by atoms with Crippen LogP contribution in [0.3, 0.4) is 0 Å². The van der Waals surface area contributed by atoms with E-state index in [1.54, 1.807) is 29.2 Å². The van der Waals surface area contributed by atoms with Crippen LogP contribution >= 0.6 is 11.6 Å². The van der Waals surface area contributed by atoms with Crippen LogP contribution in [0.25, 0.3) is 0 Å². The second-order valence-corrected chi connectivity index (χ2v) is 5.69. The monoisotopic (exact) mass is 309 g/mol. The summed E-state index contributed by atoms with van der Waals surface area (Å²) in [5, 5.41) is 3.39. The van der Waals surface area contributed by atoms with Gasteiger partial charge in [-0.1, -0.05) is 11.6 Å². The molecule has 1 atom stereocenters. The molecular formula is C15H20ClN3O2. The fourth-order valence-corrected chi connectivity index (χ4v) is 2.44. The zero-order valence-electron chi connectivity index (χ0n) is 11.8. The Kier molecular flexibility index (Phi) is 5.59. The highest BCUT2D eigenvalue weighted by molar-refractivity contribution is 6.30. The first-order valence-electron chi connectivity index (χ1n) is 7.13. The summed E-state index contributed by atoms with van der Waals surface area (Å²) < 4.78 is 0. The van der Waals surface area contributed by atoms with Crippen molar-refractivity contribution in [2.24, 2.45) is 5.73 Å². The van der Waals surface area contributed by atoms with E-state index in [2.05, 4.69) is 5.32 Å². The van der Waals surface area contributed by atoms with Gasteiger partial charge in [0.25, 0.3) is 5.91 Å². The van der Waals surface area contributed by atoms with Crippen molar-refractivity contribution in [2.45, 2.75) is 25.3 Å². The third-order valence-corrected chi connectivity index (χ3v) is 3.79. The molecule has 1 aromatic carbocycles. The Morgan fingerprint density at radius 2 is 2.05 bits per heavy atom. The molecule has 0 aliphatic carbocycles. The first-order valence-corrected chi connectivity index (χ1v) is 7.51. The van der Waals surface area contributed by atoms with Crippen molar-refractivity contribution in [1.82, 2.24) is 10.2 Å². The second kappa shape index (κ2) is 7.43. The van der Waals surface area contributed by atoms with Crippen molar-refractivity contribution in [3.8, 4) is 0 Å². The number of rotatable bonds is 5. The van der Waals surface area contributed by atoms with Gasteiger partial charge in [-0.2, -0.15) is 0 Å². The van der Waals surface area contributed by atoms with E-state index in [9.17, 15) is 9.59 Å². The Morgan fingerprint density at radius 3 is 2.67 bits per heavy atom. The minimum atomic E-state index is -0.151. The molecule has 0 bridgehead atoms. The van der Waals surface area contributed by atoms with Gasteiger partial charge in [0.15, 0.2) is 0 Å². The number of nitrogens with zero attached hydrogens (tertiary/aromatic N) is 1. The van der Waals surface area contributed by atoms with Crippen LogP contribution < -0.4 is 11.1 Å². The molecule has 21 heavy (non-hydrogen) atoms. The van der Waals surface area contributed by atoms with Crippen LogP contribution in [-0.4, -0.2) is 42.4 Å². The highest BCUT2D eigenvalue weighted by Gasteiger charge is 2.22. The highest BCUT2D eigenvalue weighted by atomic mass is 35.5. The summed E-state index contributed by atoms with van der Waals surface area (Å²) in [4.78, 5) is 25.5. The van der Waals surface area contributed by atoms with E-state index in [0.29, 0.717) is 36.5 Å². The molecule has 1 heterocycles. The van der Waals surface area contributed by atoms with Gasteiger partial charge < -0.3 is 16.0 Å². The molecule has 0 radical (unpaired) electrons. The van der Waals surface area contributed by atoms with Crippen LogP contribution in [0.15, 0.2) is 24.3 Å². The van der Waals surface area contributed by atoms with Gasteiger partial charge in [0, 0.05) is 42.7 Å². The number of benzene rings is 1. The summed E-state index contributed by atoms with van der Waals surface area (Å²) in [6, 6.07) is 6.81. The van der Waals surface area contributed by atoms with Crippen molar-refractivity contribution in [3.63, 3.8) is 0 Å². The predicted molar refractivity (Wildman–Crippen MR) is 82.2 cm³/mol. The molecule has 1 fully saturated rings. The van der Waals surface area contributed by atoms with Crippen LogP contribution in [0.5, 0.6) is 0 Å². The molecule has 1 aromatic rings. The van der Waals surface area contributed by atoms with Crippen molar-refractivity contribution in [1.29, 1.82) is 0 Å². The van der Waals surface area contributed by atoms with Crippen LogP contribution in [0, 0.1) is 0 Å². The molecule has 2 rings (SSSR count). The molecule has 1 saturated heterocycles. The zero-order chi connectivity index (χ0) is 15.2. The lowest BCUT2D eigenvalue weighted by atomic mass is 10.2. The summed E-state index contributed by atoms with van der Waals surface area (Å²) >= 11 is 5.77. The van der Waals surface area contributed by atoms with Crippen LogP contribution in [0.4, 0.5) is 0 Å². The van der Waals surface area contributed by atoms with Crippen LogP contribution in [-0.2, 0) is 4.79 Å². The van der Waals surface area contributed by atoms with E-state index in [0.717, 1.165) is 13.0 Å². The maximum atomic E-state index is 11.9. The minimum absolute atomic E-state index is 0.110. The fraction of sp³-hybridized carbons (Fsp3) is 0.467. The second-order valence-electron chi connectivity index (χ2n) is 5.25. The van der Waals surface area contributed by atoms with E-state index in [1.807, 2.05) is 0 Å². The molecular weight excluding hydrogens is 290 g/mol. The molecule has 3 N–H and O–H groups in total. The number of likely N-dealkylation sites (tertiary alicyclic amines) is 1. The molecule has 0 saturated carbocycles. The maximum Gasteiger partial charge on any atom is 0.251 e. The summed E-state index contributed by atoms with van der Waals surface area (Å²) in [5.74, 6) is -0.0361. The van der Waals surface area contributed by atoms with Gasteiger partial charge in [0.2, 0.25) is 5.91 Å². The third-order valence-electron chi connectivity index (χ3n) is 3.54. The van der Waals surface area contributed by atoms with E-state index in [-0.39, 0.29) is 17.9 Å². The van der Waals surface area contributed by atoms with Crippen molar-refractivity contribution in [2.75, 3.05) is 19.6 Å². The lowest BCUT2D eigenvalue weighted by Gasteiger charge is -2.15. The Hall–Kier alpha value is -1.59. The van der Waals surface area contributed by atoms with Crippen LogP contribution in [0.1, 0.15) is 29.6 Å². The Morgan fingerprint density at radius 1 is 1.33 bits per heavy atom. The van der Waals surface area contributed by atoms with Gasteiger partial charge in [-0.25, -0.2) is 0 Å². The lowest BCUT2D eigenvalue weighted by Crippen LogP contribution is -2.32. The standard InChI is InChI=1S/C15H20ClN3O2/c16-12-5-3-11(4-6-12)15(21)18-8-1-2-14(20)19-9-7-13(17)10-19/h3-6,13H,1-2,7-10,17H2,(H,18,21)/t13-/m1/s1. The van der Waals surface area contributed by atoms with Crippen molar-refractivity contribution < 1.29 is 9.59 Å². The number of carbonyl (C=O) groups excluding carboxylic acids is 2. The molecule has 0 unspecified atom stereocenters. The SMILES string of the molecule is N[C@@H]1CCN(C(=O)CCCNC(=O)c2ccc(Cl)cc2)C1. The van der Waals surface area contributed by atoms with Gasteiger partial charge in [0.05, 0.1) is 0 Å². The molecule has 2 amide bonds. The molecule has 1 aliphatic rings. The molecule has 114 valence electrons. The third kappa shape index (κ3) is 4.72. The Labute approximate surface area is 129 Å². The first-order chi connectivity index (χ1) is 10.1. The van der Waals surface area contributed by atoms with E-state index >= 15 is 0 Å². The normalized spacial score (nSPS) is 17.8. The molecule has 6 heteroatoms. The van der Waals surface area contributed by atoms with Crippen LogP contribution in [0.2, 0.25) is 5.02 Å². The topological polar surface area (TPSA) is 75.4 Å². The molecule has 0 aromatic heterocycles. The van der Waals surface area contributed by atoms with Gasteiger partial charge in [-0.3, -0.25) is 9.59 Å². The van der Waals surface area contributed by atoms with Gasteiger partial charge in [-0.05, 0) is 37.1 Å². The summed E-state index contributed by atoms with van der Waals surface area (Å²) in [5.41, 5.74) is 6.34. The molecule has 5 nitrogen and oxygen atoms in total. The van der Waals surface area contributed by atoms with Crippen molar-refractivity contribution >= 4 is 23.4 Å². The van der Waals surface area contributed by atoms with E-state index in [4.69, 9.17) is 17.3 Å². The number of amides is 2. The number of nitrogens with one attached hydrogen (secondary N) is 1. The van der Waals surface area contributed by atoms with Gasteiger partial charge >= 0.3 is 0 Å². The number of nitrogens with two attached hydrogens (primary N) is 1. The fourth-order valence-electron chi connectivity index (χ4n) is 2.32. The summed E-state index contributed by atoms with van der Waals surface area (Å²) in [7, 11) is 0. The number of halogens is 1. The minimum Gasteiger partial charge on any atom is -0.352 e. The lowest BCUT2D eigenvalue weighted by molar-refractivity contribution is -0.130. The average Bonchev–Trinajstić information content (AvgIpc) is 2.90. The number of carbonyl (C=O) groups is 2. The predicted octanol–water partition coefficient (Wildman–Crippen LogP) is 1.41. The quantitative estimate of drug-likeness (QED) is 0.808. The number of hydrogen-bond donors (Lipinski definition) is 2. The average molecular weight is 310 g/mol. The maximum absolute atomic E-state index is 11.9. The molecule has 1 aliphatic heterocycles. The van der Waals surface area contributed by atoms with Gasteiger partial charge in [0.1, 0.15) is 0 Å². The van der Waals surface area contributed by atoms with E-state index < -0.39 is 0 Å². The summed E-state index contributed by atoms with van der Waals surface area (Å²) in [6.45, 7) is 1.88. The van der Waals surface area contributed by atoms with Crippen molar-refractivity contribution in [3.05, 3.63) is 34.9 Å². The zero-order valence-corrected chi connectivity index (χ0v) is 12.6. The summed E-state index contributed by atoms with van der Waals surface area (Å²) in [6.07, 6.45) is 1.94. The largest absolute Gasteiger partial charge is 0.352 e. The number of hydrogen-bond acceptors (Lipinski definition) is 3. The molecule has 0 spiro atoms. The smallest absolute Gasteiger partial charge is 0.251 e. The Balaban J connectivity index is 1.66. The van der Waals surface area contributed by atoms with Gasteiger partial charge in [-0.15, -0.1) is 0 Å². The first kappa shape index (κ1) is 15.8. The Bertz CT molecular complexity index is 504. The highest BCUT2D eigenvalue weighted by Crippen LogP contribution is 2.10. The van der Waals surface area contributed by atoms with E-state index in [1.165, 1.54) is 0 Å².